The van der Waals surface area contributed by atoms with Crippen LogP contribution in [0.4, 0.5) is 5.69 Å². The first-order valence-corrected chi connectivity index (χ1v) is 12.7. The smallest absolute Gasteiger partial charge is 0.281 e. The van der Waals surface area contributed by atoms with Gasteiger partial charge in [0.15, 0.2) is 0 Å². The molecule has 0 spiro atoms. The van der Waals surface area contributed by atoms with E-state index in [1.54, 1.807) is 4.31 Å². The molecule has 3 rings (SSSR count). The minimum Gasteiger partial charge on any atom is -0.372 e. The average molecular weight is 437 g/mol. The highest BCUT2D eigenvalue weighted by atomic mass is 32.2. The van der Waals surface area contributed by atoms with Gasteiger partial charge in [0.2, 0.25) is 5.91 Å². The zero-order chi connectivity index (χ0) is 21.6. The number of hydrogen-bond acceptors (Lipinski definition) is 4. The molecule has 1 atom stereocenters. The summed E-state index contributed by atoms with van der Waals surface area (Å²) in [5.74, 6) is -0.273. The van der Waals surface area contributed by atoms with Crippen molar-refractivity contribution in [1.29, 1.82) is 0 Å². The van der Waals surface area contributed by atoms with Crippen molar-refractivity contribution in [1.82, 2.24) is 13.9 Å². The van der Waals surface area contributed by atoms with Crippen LogP contribution in [0.3, 0.4) is 0 Å². The number of anilines is 1. The lowest BCUT2D eigenvalue weighted by Gasteiger charge is -2.33. The lowest BCUT2D eigenvalue weighted by molar-refractivity contribution is -0.126. The fraction of sp³-hybridized carbons (Fsp3) is 0.682. The van der Waals surface area contributed by atoms with Crippen LogP contribution in [0.25, 0.3) is 0 Å². The molecule has 0 radical (unpaired) electrons. The van der Waals surface area contributed by atoms with Crippen LogP contribution in [0.1, 0.15) is 44.6 Å². The molecule has 168 valence electrons. The van der Waals surface area contributed by atoms with Crippen molar-refractivity contribution in [3.05, 3.63) is 29.8 Å². The SMILES string of the molecule is CCN(CCCNC(=O)C1CCCN(S(=O)(=O)N2CCCC2)C1)c1cccc(C)c1. The van der Waals surface area contributed by atoms with Gasteiger partial charge in [0.1, 0.15) is 0 Å². The van der Waals surface area contributed by atoms with Crippen molar-refractivity contribution in [2.45, 2.75) is 46.0 Å². The van der Waals surface area contributed by atoms with Gasteiger partial charge in [-0.1, -0.05) is 12.1 Å². The predicted molar refractivity (Wildman–Crippen MR) is 121 cm³/mol. The number of piperidine rings is 1. The van der Waals surface area contributed by atoms with Crippen molar-refractivity contribution < 1.29 is 13.2 Å². The Kier molecular flexibility index (Phi) is 8.13. The van der Waals surface area contributed by atoms with Crippen LogP contribution < -0.4 is 10.2 Å². The Bertz CT molecular complexity index is 808. The standard InChI is InChI=1S/C22H36N4O3S/c1-3-24(21-11-6-9-19(2)17-21)13-8-12-23-22(27)20-10-7-16-26(18-20)30(28,29)25-14-4-5-15-25/h6,9,11,17,20H,3-5,7-8,10,12-16,18H2,1-2H3,(H,23,27). The second-order valence-corrected chi connectivity index (χ2v) is 10.3. The number of amides is 1. The molecule has 30 heavy (non-hydrogen) atoms. The molecular formula is C22H36N4O3S. The van der Waals surface area contributed by atoms with Crippen molar-refractivity contribution in [2.24, 2.45) is 5.92 Å². The second kappa shape index (κ2) is 10.6. The Morgan fingerprint density at radius 3 is 2.60 bits per heavy atom. The molecule has 7 nitrogen and oxygen atoms in total. The summed E-state index contributed by atoms with van der Waals surface area (Å²) < 4.78 is 28.7. The lowest BCUT2D eigenvalue weighted by atomic mass is 9.99. The first-order valence-electron chi connectivity index (χ1n) is 11.3. The van der Waals surface area contributed by atoms with E-state index in [2.05, 4.69) is 48.3 Å². The monoisotopic (exact) mass is 436 g/mol. The number of nitrogens with zero attached hydrogens (tertiary/aromatic N) is 3. The van der Waals surface area contributed by atoms with E-state index < -0.39 is 10.2 Å². The fourth-order valence-corrected chi connectivity index (χ4v) is 6.14. The molecule has 2 saturated heterocycles. The third kappa shape index (κ3) is 5.74. The molecule has 1 aromatic rings. The van der Waals surface area contributed by atoms with Crippen LogP contribution in [0, 0.1) is 12.8 Å². The van der Waals surface area contributed by atoms with Crippen LogP contribution in [-0.4, -0.2) is 68.7 Å². The summed E-state index contributed by atoms with van der Waals surface area (Å²) in [6.45, 7) is 8.66. The van der Waals surface area contributed by atoms with Crippen molar-refractivity contribution in [2.75, 3.05) is 50.7 Å². The largest absolute Gasteiger partial charge is 0.372 e. The van der Waals surface area contributed by atoms with Gasteiger partial charge in [0.05, 0.1) is 5.92 Å². The molecule has 2 heterocycles. The molecule has 1 amide bonds. The normalized spacial score (nSPS) is 20.9. The maximum Gasteiger partial charge on any atom is 0.281 e. The summed E-state index contributed by atoms with van der Waals surface area (Å²) in [6.07, 6.45) is 4.20. The quantitative estimate of drug-likeness (QED) is 0.603. The number of carbonyl (C=O) groups excluding carboxylic acids is 1. The number of benzene rings is 1. The van der Waals surface area contributed by atoms with Gasteiger partial charge in [-0.25, -0.2) is 0 Å². The summed E-state index contributed by atoms with van der Waals surface area (Å²) in [6, 6.07) is 8.46. The summed E-state index contributed by atoms with van der Waals surface area (Å²) in [7, 11) is -3.42. The molecule has 1 aromatic carbocycles. The predicted octanol–water partition coefficient (Wildman–Crippen LogP) is 2.38. The summed E-state index contributed by atoms with van der Waals surface area (Å²) in [5.41, 5.74) is 2.45. The highest BCUT2D eigenvalue weighted by Crippen LogP contribution is 2.24. The van der Waals surface area contributed by atoms with E-state index >= 15 is 0 Å². The van der Waals surface area contributed by atoms with E-state index in [-0.39, 0.29) is 11.8 Å². The number of carbonyl (C=O) groups is 1. The van der Waals surface area contributed by atoms with Crippen LogP contribution in [-0.2, 0) is 15.0 Å². The van der Waals surface area contributed by atoms with E-state index in [0.717, 1.165) is 45.2 Å². The minimum absolute atomic E-state index is 0.0186. The van der Waals surface area contributed by atoms with E-state index in [4.69, 9.17) is 0 Å². The highest BCUT2D eigenvalue weighted by Gasteiger charge is 2.36. The average Bonchev–Trinajstić information content (AvgIpc) is 3.29. The molecule has 8 heteroatoms. The van der Waals surface area contributed by atoms with Gasteiger partial charge in [-0.2, -0.15) is 17.0 Å². The van der Waals surface area contributed by atoms with Gasteiger partial charge in [-0.15, -0.1) is 0 Å². The first-order chi connectivity index (χ1) is 14.4. The zero-order valence-electron chi connectivity index (χ0n) is 18.3. The highest BCUT2D eigenvalue weighted by molar-refractivity contribution is 7.86. The molecule has 0 aliphatic carbocycles. The number of hydrogen-bond donors (Lipinski definition) is 1. The molecule has 2 aliphatic heterocycles. The summed E-state index contributed by atoms with van der Waals surface area (Å²) >= 11 is 0. The topological polar surface area (TPSA) is 73.0 Å². The van der Waals surface area contributed by atoms with Gasteiger partial charge in [-0.3, -0.25) is 4.79 Å². The Labute approximate surface area is 181 Å². The van der Waals surface area contributed by atoms with Crippen LogP contribution in [0.5, 0.6) is 0 Å². The van der Waals surface area contributed by atoms with Gasteiger partial charge in [0.25, 0.3) is 10.2 Å². The Morgan fingerprint density at radius 2 is 1.90 bits per heavy atom. The van der Waals surface area contributed by atoms with Gasteiger partial charge in [-0.05, 0) is 63.6 Å². The maximum absolute atomic E-state index is 12.8. The van der Waals surface area contributed by atoms with Gasteiger partial charge < -0.3 is 10.2 Å². The molecule has 0 aromatic heterocycles. The van der Waals surface area contributed by atoms with Crippen LogP contribution in [0.2, 0.25) is 0 Å². The number of aryl methyl sites for hydroxylation is 1. The van der Waals surface area contributed by atoms with Crippen molar-refractivity contribution in [3.63, 3.8) is 0 Å². The molecule has 2 fully saturated rings. The van der Waals surface area contributed by atoms with E-state index in [0.29, 0.717) is 32.7 Å². The van der Waals surface area contributed by atoms with Crippen LogP contribution >= 0.6 is 0 Å². The van der Waals surface area contributed by atoms with E-state index in [1.807, 2.05) is 0 Å². The van der Waals surface area contributed by atoms with E-state index in [9.17, 15) is 13.2 Å². The third-order valence-corrected chi connectivity index (χ3v) is 8.13. The Hall–Kier alpha value is -1.64. The number of nitrogens with one attached hydrogen (secondary N) is 1. The number of rotatable bonds is 9. The lowest BCUT2D eigenvalue weighted by Crippen LogP contribution is -2.50. The molecule has 0 bridgehead atoms. The van der Waals surface area contributed by atoms with Crippen LogP contribution in [0.15, 0.2) is 24.3 Å². The Balaban J connectivity index is 1.45. The van der Waals surface area contributed by atoms with Gasteiger partial charge >= 0.3 is 0 Å². The van der Waals surface area contributed by atoms with Gasteiger partial charge in [0, 0.05) is 51.5 Å². The molecule has 1 unspecified atom stereocenters. The zero-order valence-corrected chi connectivity index (χ0v) is 19.2. The maximum atomic E-state index is 12.8. The summed E-state index contributed by atoms with van der Waals surface area (Å²) in [5, 5.41) is 3.04. The first kappa shape index (κ1) is 23.0. The Morgan fingerprint density at radius 1 is 1.17 bits per heavy atom. The molecule has 1 N–H and O–H groups in total. The fourth-order valence-electron chi connectivity index (χ4n) is 4.37. The second-order valence-electron chi connectivity index (χ2n) is 8.37. The summed E-state index contributed by atoms with van der Waals surface area (Å²) in [4.78, 5) is 15.0. The van der Waals surface area contributed by atoms with E-state index in [1.165, 1.54) is 15.6 Å². The minimum atomic E-state index is -3.42. The molecule has 0 saturated carbocycles. The third-order valence-electron chi connectivity index (χ3n) is 6.13. The molecule has 2 aliphatic rings. The van der Waals surface area contributed by atoms with Crippen molar-refractivity contribution in [3.8, 4) is 0 Å². The van der Waals surface area contributed by atoms with Crippen molar-refractivity contribution >= 4 is 21.8 Å². The molecular weight excluding hydrogens is 400 g/mol.